The smallest absolute Gasteiger partial charge is 0.310 e. The molecule has 2 aliphatic carbocycles. The molecular weight excluding hydrogens is 645 g/mol. The van der Waals surface area contributed by atoms with Gasteiger partial charge in [-0.25, -0.2) is 4.79 Å². The van der Waals surface area contributed by atoms with Gasteiger partial charge in [-0.1, -0.05) is 236 Å². The molecule has 2 unspecified atom stereocenters. The van der Waals surface area contributed by atoms with Gasteiger partial charge in [0.2, 0.25) is 0 Å². The maximum absolute atomic E-state index is 14.5. The van der Waals surface area contributed by atoms with Gasteiger partial charge in [0, 0.05) is 25.2 Å². The fourth-order valence-corrected chi connectivity index (χ4v) is 9.67. The van der Waals surface area contributed by atoms with E-state index in [0.717, 1.165) is 25.1 Å². The topological polar surface area (TPSA) is 23.6 Å². The van der Waals surface area contributed by atoms with E-state index >= 15 is 0 Å². The normalized spacial score (nSPS) is 17.7. The van der Waals surface area contributed by atoms with E-state index in [1.54, 1.807) is 0 Å². The van der Waals surface area contributed by atoms with Crippen LogP contribution in [-0.2, 0) is 5.54 Å². The Morgan fingerprint density at radius 2 is 0.792 bits per heavy atom. The molecule has 1 spiro atoms. The van der Waals surface area contributed by atoms with E-state index in [1.807, 2.05) is 11.9 Å². The molecule has 0 saturated heterocycles. The number of carbonyl (C=O) groups excluding carboxylic acids is 1. The van der Waals surface area contributed by atoms with Crippen molar-refractivity contribution in [2.45, 2.75) is 224 Å². The van der Waals surface area contributed by atoms with E-state index in [4.69, 9.17) is 0 Å². The van der Waals surface area contributed by atoms with Crippen molar-refractivity contribution < 1.29 is 4.79 Å². The zero-order chi connectivity index (χ0) is 37.4. The molecule has 0 N–H and O–H groups in total. The number of benzene rings is 2. The summed E-state index contributed by atoms with van der Waals surface area (Å²) in [7, 11) is 1.98. The summed E-state index contributed by atoms with van der Waals surface area (Å²) in [4.78, 5) is 18.7. The molecule has 3 nitrogen and oxygen atoms in total. The minimum atomic E-state index is -0.408. The molecule has 0 aromatic heterocycles. The lowest BCUT2D eigenvalue weighted by Gasteiger charge is -2.54. The first-order chi connectivity index (χ1) is 26.1. The molecule has 0 saturated carbocycles. The fourth-order valence-electron chi connectivity index (χ4n) is 9.67. The Labute approximate surface area is 328 Å². The van der Waals surface area contributed by atoms with Gasteiger partial charge in [-0.05, 0) is 41.7 Å². The maximum Gasteiger partial charge on any atom is 0.325 e. The number of hydrogen-bond donors (Lipinski definition) is 0. The number of hydrogen-bond acceptors (Lipinski definition) is 1. The van der Waals surface area contributed by atoms with Crippen molar-refractivity contribution in [3.63, 3.8) is 0 Å². The third kappa shape index (κ3) is 13.5. The zero-order valence-electron chi connectivity index (χ0n) is 35.1. The van der Waals surface area contributed by atoms with Crippen LogP contribution in [-0.4, -0.2) is 24.5 Å². The molecule has 2 heterocycles. The van der Waals surface area contributed by atoms with Gasteiger partial charge in [0.05, 0.1) is 0 Å². The molecule has 4 bridgehead atoms. The Morgan fingerprint density at radius 3 is 1.19 bits per heavy atom. The highest BCUT2D eigenvalue weighted by Gasteiger charge is 2.52. The molecule has 298 valence electrons. The highest BCUT2D eigenvalue weighted by molar-refractivity contribution is 5.93. The fraction of sp³-hybridized carbons (Fsp3) is 0.740. The van der Waals surface area contributed by atoms with Gasteiger partial charge in [0.15, 0.2) is 0 Å². The van der Waals surface area contributed by atoms with Gasteiger partial charge in [0.1, 0.15) is 5.54 Å². The number of amides is 2. The lowest BCUT2D eigenvalue weighted by molar-refractivity contribution is 0.110. The van der Waals surface area contributed by atoms with Crippen LogP contribution in [0.3, 0.4) is 0 Å². The molecule has 0 fully saturated rings. The summed E-state index contributed by atoms with van der Waals surface area (Å²) in [6.45, 7) is 5.43. The minimum Gasteiger partial charge on any atom is -0.310 e. The van der Waals surface area contributed by atoms with Crippen LogP contribution in [0.15, 0.2) is 48.5 Å². The predicted molar refractivity (Wildman–Crippen MR) is 231 cm³/mol. The first-order valence-corrected chi connectivity index (χ1v) is 23.4. The number of fused-ring (bicyclic) bond motifs is 6. The van der Waals surface area contributed by atoms with Crippen LogP contribution < -0.4 is 4.90 Å². The second-order valence-corrected chi connectivity index (χ2v) is 17.2. The predicted octanol–water partition coefficient (Wildman–Crippen LogP) is 16.0. The number of nitrogens with zero attached hydrogens (tertiary/aromatic N) is 2. The van der Waals surface area contributed by atoms with Crippen molar-refractivity contribution in [1.82, 2.24) is 4.90 Å². The van der Waals surface area contributed by atoms with Crippen LogP contribution in [0.25, 0.3) is 0 Å². The Balaban J connectivity index is 1.21. The minimum absolute atomic E-state index is 0.167. The summed E-state index contributed by atoms with van der Waals surface area (Å²) in [5, 5.41) is 0. The van der Waals surface area contributed by atoms with Crippen LogP contribution in [0.1, 0.15) is 236 Å². The first kappa shape index (κ1) is 43.4. The van der Waals surface area contributed by atoms with Crippen molar-refractivity contribution in [3.8, 4) is 0 Å². The van der Waals surface area contributed by atoms with Crippen LogP contribution in [0.4, 0.5) is 10.5 Å². The van der Waals surface area contributed by atoms with Crippen molar-refractivity contribution >= 4 is 11.7 Å². The Bertz CT molecular complexity index is 1220. The van der Waals surface area contributed by atoms with Crippen molar-refractivity contribution in [1.29, 1.82) is 0 Å². The van der Waals surface area contributed by atoms with E-state index in [0.29, 0.717) is 5.92 Å². The molecule has 0 radical (unpaired) electrons. The number of rotatable bonds is 32. The highest BCUT2D eigenvalue weighted by Crippen LogP contribution is 2.54. The van der Waals surface area contributed by atoms with Gasteiger partial charge in [0.25, 0.3) is 0 Å². The third-order valence-corrected chi connectivity index (χ3v) is 13.0. The molecular formula is C50H82N2O. The van der Waals surface area contributed by atoms with Gasteiger partial charge in [-0.3, -0.25) is 4.90 Å². The standard InChI is InChI=1S/C50H82N2O/c1-4-6-8-10-12-14-16-18-20-21-23-25-27-29-31-33-43-52-49(53)51(3)47-41-39-46(40-42-47)50(52)45-37-35-44(36-38-45)48(50)34-32-30-28-26-24-22-19-17-15-13-11-9-7-5-2/h35-42,48H,4-34,43H2,1-3H3. The lowest BCUT2D eigenvalue weighted by atomic mass is 9.63. The molecule has 3 heteroatoms. The molecule has 2 aromatic carbocycles. The van der Waals surface area contributed by atoms with Crippen molar-refractivity contribution in [2.24, 2.45) is 0 Å². The van der Waals surface area contributed by atoms with E-state index in [9.17, 15) is 4.79 Å². The molecule has 2 aromatic rings. The van der Waals surface area contributed by atoms with Gasteiger partial charge < -0.3 is 4.90 Å². The van der Waals surface area contributed by atoms with Crippen molar-refractivity contribution in [3.05, 3.63) is 65.2 Å². The zero-order valence-corrected chi connectivity index (χ0v) is 35.1. The third-order valence-electron chi connectivity index (χ3n) is 13.0. The first-order valence-electron chi connectivity index (χ1n) is 23.4. The monoisotopic (exact) mass is 727 g/mol. The molecule has 2 amide bonds. The Hall–Kier alpha value is -2.29. The Morgan fingerprint density at radius 1 is 0.453 bits per heavy atom. The van der Waals surface area contributed by atoms with Crippen LogP contribution in [0.2, 0.25) is 0 Å². The average molecular weight is 727 g/mol. The largest absolute Gasteiger partial charge is 0.325 e. The molecule has 53 heavy (non-hydrogen) atoms. The highest BCUT2D eigenvalue weighted by atomic mass is 16.2. The lowest BCUT2D eigenvalue weighted by Crippen LogP contribution is -2.59. The van der Waals surface area contributed by atoms with Crippen LogP contribution in [0, 0.1) is 0 Å². The van der Waals surface area contributed by atoms with Gasteiger partial charge >= 0.3 is 6.03 Å². The summed E-state index contributed by atoms with van der Waals surface area (Å²) in [6, 6.07) is 18.5. The van der Waals surface area contributed by atoms with E-state index < -0.39 is 5.54 Å². The quantitative estimate of drug-likeness (QED) is 0.0689. The van der Waals surface area contributed by atoms with Crippen LogP contribution in [0.5, 0.6) is 0 Å². The van der Waals surface area contributed by atoms with Gasteiger partial charge in [-0.15, -0.1) is 0 Å². The number of anilines is 1. The second-order valence-electron chi connectivity index (χ2n) is 17.2. The SMILES string of the molecule is CCCCCCCCCCCCCCCCCCN1C(=O)N(C)c2ccc(cc2)C12c1ccc(cc1)C2CCCCCCCCCCCCCCCC. The average Bonchev–Trinajstić information content (AvgIpc) is 3.19. The van der Waals surface area contributed by atoms with Crippen molar-refractivity contribution in [2.75, 3.05) is 18.5 Å². The molecule has 6 rings (SSSR count). The van der Waals surface area contributed by atoms with E-state index in [-0.39, 0.29) is 6.03 Å². The summed E-state index contributed by atoms with van der Waals surface area (Å²) in [5.74, 6) is 0.312. The molecule has 2 atom stereocenters. The second kappa shape index (κ2) is 25.7. The summed E-state index contributed by atoms with van der Waals surface area (Å²) < 4.78 is 0. The molecule has 2 aliphatic heterocycles. The van der Waals surface area contributed by atoms with Gasteiger partial charge in [-0.2, -0.15) is 0 Å². The Kier molecular flexibility index (Phi) is 21.1. The summed E-state index contributed by atoms with van der Waals surface area (Å²) in [5.41, 5.74) is 4.60. The number of urea groups is 1. The summed E-state index contributed by atoms with van der Waals surface area (Å²) in [6.07, 6.45) is 42.4. The summed E-state index contributed by atoms with van der Waals surface area (Å²) >= 11 is 0. The molecule has 4 aliphatic rings. The maximum atomic E-state index is 14.5. The van der Waals surface area contributed by atoms with Crippen LogP contribution >= 0.6 is 0 Å². The number of unbranched alkanes of at least 4 members (excludes halogenated alkanes) is 28. The van der Waals surface area contributed by atoms with E-state index in [2.05, 4.69) is 67.3 Å². The number of carbonyl (C=O) groups is 1. The van der Waals surface area contributed by atoms with E-state index in [1.165, 1.54) is 203 Å².